The van der Waals surface area contributed by atoms with Gasteiger partial charge in [-0.25, -0.2) is 0 Å². The van der Waals surface area contributed by atoms with Crippen molar-refractivity contribution in [3.63, 3.8) is 0 Å². The molecule has 0 saturated heterocycles. The Labute approximate surface area is 120 Å². The Hall–Kier alpha value is -1.65. The van der Waals surface area contributed by atoms with Crippen molar-refractivity contribution in [3.8, 4) is 5.75 Å². The molecule has 0 amide bonds. The number of pyridine rings is 1. The predicted molar refractivity (Wildman–Crippen MR) is 81.2 cm³/mol. The first-order valence-corrected chi connectivity index (χ1v) is 7.17. The number of hydrogen-bond acceptors (Lipinski definition) is 4. The van der Waals surface area contributed by atoms with Crippen LogP contribution in [0.15, 0.2) is 36.5 Å². The van der Waals surface area contributed by atoms with Gasteiger partial charge in [-0.15, -0.1) is 0 Å². The van der Waals surface area contributed by atoms with Gasteiger partial charge >= 0.3 is 0 Å². The Kier molecular flexibility index (Phi) is 6.27. The van der Waals surface area contributed by atoms with E-state index in [1.54, 1.807) is 6.20 Å². The molecule has 0 aliphatic heterocycles. The summed E-state index contributed by atoms with van der Waals surface area (Å²) in [6.07, 6.45) is 2.83. The fourth-order valence-electron chi connectivity index (χ4n) is 2.00. The van der Waals surface area contributed by atoms with Crippen LogP contribution in [0.4, 0.5) is 0 Å². The van der Waals surface area contributed by atoms with Gasteiger partial charge in [0.15, 0.2) is 0 Å². The first-order valence-electron chi connectivity index (χ1n) is 7.17. The van der Waals surface area contributed by atoms with Crippen molar-refractivity contribution in [1.29, 1.82) is 0 Å². The normalized spacial score (nSPS) is 10.8. The quantitative estimate of drug-likeness (QED) is 0.714. The van der Waals surface area contributed by atoms with Gasteiger partial charge in [-0.2, -0.15) is 0 Å². The summed E-state index contributed by atoms with van der Waals surface area (Å²) in [5, 5.41) is 4.40. The predicted octanol–water partition coefficient (Wildman–Crippen LogP) is 2.63. The highest BCUT2D eigenvalue weighted by Gasteiger charge is 2.01. The molecule has 2 rings (SSSR count). The maximum absolute atomic E-state index is 5.81. The lowest BCUT2D eigenvalue weighted by Crippen LogP contribution is -2.23. The standard InChI is InChI=1S/C16H22N2O2/c1-2-19-12-5-9-17-11-13-20-16-8-3-7-15-14(16)6-4-10-18-15/h3-4,6-8,10,17H,2,5,9,11-13H2,1H3. The van der Waals surface area contributed by atoms with E-state index in [0.29, 0.717) is 6.61 Å². The number of nitrogens with one attached hydrogen (secondary N) is 1. The Morgan fingerprint density at radius 2 is 2.05 bits per heavy atom. The molecule has 1 aromatic carbocycles. The lowest BCUT2D eigenvalue weighted by atomic mass is 10.2. The van der Waals surface area contributed by atoms with Gasteiger partial charge in [-0.3, -0.25) is 4.98 Å². The number of rotatable bonds is 9. The van der Waals surface area contributed by atoms with Crippen LogP contribution in [-0.2, 0) is 4.74 Å². The second-order valence-electron chi connectivity index (χ2n) is 4.48. The summed E-state index contributed by atoms with van der Waals surface area (Å²) in [6.45, 7) is 6.07. The van der Waals surface area contributed by atoms with E-state index in [4.69, 9.17) is 9.47 Å². The first-order chi connectivity index (χ1) is 9.92. The summed E-state index contributed by atoms with van der Waals surface area (Å²) >= 11 is 0. The van der Waals surface area contributed by atoms with E-state index in [-0.39, 0.29) is 0 Å². The molecular weight excluding hydrogens is 252 g/mol. The molecular formula is C16H22N2O2. The fraction of sp³-hybridized carbons (Fsp3) is 0.438. The second kappa shape index (κ2) is 8.51. The van der Waals surface area contributed by atoms with Crippen LogP contribution in [0.1, 0.15) is 13.3 Å². The van der Waals surface area contributed by atoms with Crippen molar-refractivity contribution in [3.05, 3.63) is 36.5 Å². The number of hydrogen-bond donors (Lipinski definition) is 1. The Morgan fingerprint density at radius 3 is 2.95 bits per heavy atom. The van der Waals surface area contributed by atoms with E-state index >= 15 is 0 Å². The van der Waals surface area contributed by atoms with Crippen LogP contribution in [0.3, 0.4) is 0 Å². The molecule has 0 aliphatic rings. The van der Waals surface area contributed by atoms with Crippen LogP contribution in [-0.4, -0.2) is 37.9 Å². The molecule has 4 heteroatoms. The molecule has 4 nitrogen and oxygen atoms in total. The van der Waals surface area contributed by atoms with Crippen molar-refractivity contribution in [2.75, 3.05) is 32.9 Å². The molecule has 1 N–H and O–H groups in total. The lowest BCUT2D eigenvalue weighted by Gasteiger charge is -2.09. The number of fused-ring (bicyclic) bond motifs is 1. The van der Waals surface area contributed by atoms with Gasteiger partial charge < -0.3 is 14.8 Å². The molecule has 2 aromatic rings. The minimum Gasteiger partial charge on any atom is -0.492 e. The topological polar surface area (TPSA) is 43.4 Å². The highest BCUT2D eigenvalue weighted by molar-refractivity contribution is 5.84. The highest BCUT2D eigenvalue weighted by Crippen LogP contribution is 2.23. The van der Waals surface area contributed by atoms with E-state index in [1.807, 2.05) is 37.3 Å². The largest absolute Gasteiger partial charge is 0.492 e. The van der Waals surface area contributed by atoms with Crippen molar-refractivity contribution in [2.24, 2.45) is 0 Å². The molecule has 0 radical (unpaired) electrons. The van der Waals surface area contributed by atoms with Gasteiger partial charge in [-0.05, 0) is 44.2 Å². The van der Waals surface area contributed by atoms with Crippen LogP contribution in [0.2, 0.25) is 0 Å². The molecule has 1 heterocycles. The van der Waals surface area contributed by atoms with Gasteiger partial charge in [0.1, 0.15) is 12.4 Å². The van der Waals surface area contributed by atoms with E-state index in [2.05, 4.69) is 10.3 Å². The highest BCUT2D eigenvalue weighted by atomic mass is 16.5. The van der Waals surface area contributed by atoms with E-state index in [9.17, 15) is 0 Å². The van der Waals surface area contributed by atoms with Gasteiger partial charge in [0, 0.05) is 31.3 Å². The summed E-state index contributed by atoms with van der Waals surface area (Å²) in [5.41, 5.74) is 0.967. The molecule has 108 valence electrons. The molecule has 20 heavy (non-hydrogen) atoms. The van der Waals surface area contributed by atoms with Crippen LogP contribution in [0.5, 0.6) is 5.75 Å². The van der Waals surface area contributed by atoms with E-state index in [0.717, 1.165) is 49.4 Å². The number of ether oxygens (including phenoxy) is 2. The van der Waals surface area contributed by atoms with Crippen molar-refractivity contribution in [2.45, 2.75) is 13.3 Å². The third-order valence-electron chi connectivity index (χ3n) is 2.99. The molecule has 0 fully saturated rings. The summed E-state index contributed by atoms with van der Waals surface area (Å²) in [4.78, 5) is 4.32. The number of nitrogens with zero attached hydrogens (tertiary/aromatic N) is 1. The average Bonchev–Trinajstić information content (AvgIpc) is 2.50. The Morgan fingerprint density at radius 1 is 1.10 bits per heavy atom. The van der Waals surface area contributed by atoms with Crippen LogP contribution in [0, 0.1) is 0 Å². The minimum atomic E-state index is 0.655. The lowest BCUT2D eigenvalue weighted by molar-refractivity contribution is 0.144. The van der Waals surface area contributed by atoms with Gasteiger partial charge in [0.25, 0.3) is 0 Å². The summed E-state index contributed by atoms with van der Waals surface area (Å²) in [6, 6.07) is 9.92. The zero-order chi connectivity index (χ0) is 14.0. The smallest absolute Gasteiger partial charge is 0.128 e. The first kappa shape index (κ1) is 14.8. The van der Waals surface area contributed by atoms with Crippen LogP contribution < -0.4 is 10.1 Å². The summed E-state index contributed by atoms with van der Waals surface area (Å²) < 4.78 is 11.1. The van der Waals surface area contributed by atoms with E-state index in [1.165, 1.54) is 0 Å². The van der Waals surface area contributed by atoms with Crippen LogP contribution >= 0.6 is 0 Å². The summed E-state index contributed by atoms with van der Waals surface area (Å²) in [7, 11) is 0. The molecule has 0 atom stereocenters. The van der Waals surface area contributed by atoms with Crippen molar-refractivity contribution in [1.82, 2.24) is 10.3 Å². The van der Waals surface area contributed by atoms with Crippen molar-refractivity contribution >= 4 is 10.9 Å². The Balaban J connectivity index is 1.71. The molecule has 0 unspecified atom stereocenters. The zero-order valence-corrected chi connectivity index (χ0v) is 12.0. The monoisotopic (exact) mass is 274 g/mol. The maximum Gasteiger partial charge on any atom is 0.128 e. The van der Waals surface area contributed by atoms with Gasteiger partial charge in [0.2, 0.25) is 0 Å². The fourth-order valence-corrected chi connectivity index (χ4v) is 2.00. The minimum absolute atomic E-state index is 0.655. The summed E-state index contributed by atoms with van der Waals surface area (Å²) in [5.74, 6) is 0.895. The molecule has 1 aromatic heterocycles. The average molecular weight is 274 g/mol. The molecule has 0 aliphatic carbocycles. The molecule has 0 saturated carbocycles. The maximum atomic E-state index is 5.81. The third-order valence-corrected chi connectivity index (χ3v) is 2.99. The van der Waals surface area contributed by atoms with Crippen molar-refractivity contribution < 1.29 is 9.47 Å². The second-order valence-corrected chi connectivity index (χ2v) is 4.48. The number of aromatic nitrogens is 1. The molecule has 0 bridgehead atoms. The molecule has 0 spiro atoms. The SMILES string of the molecule is CCOCCCNCCOc1cccc2ncccc12. The van der Waals surface area contributed by atoms with E-state index < -0.39 is 0 Å². The van der Waals surface area contributed by atoms with Gasteiger partial charge in [0.05, 0.1) is 5.52 Å². The zero-order valence-electron chi connectivity index (χ0n) is 12.0. The third kappa shape index (κ3) is 4.47. The van der Waals surface area contributed by atoms with Crippen LogP contribution in [0.25, 0.3) is 10.9 Å². The Bertz CT molecular complexity index is 511. The van der Waals surface area contributed by atoms with Gasteiger partial charge in [-0.1, -0.05) is 6.07 Å². The number of benzene rings is 1.